The molecule has 1 aromatic carbocycles. The smallest absolute Gasteiger partial charge is 0.253 e. The molecule has 4 unspecified atom stereocenters. The van der Waals surface area contributed by atoms with Gasteiger partial charge in [-0.3, -0.25) is 14.4 Å². The maximum absolute atomic E-state index is 12.8. The molecule has 0 aromatic heterocycles. The molecule has 0 fully saturated rings. The molecule has 6 N–H and O–H groups in total. The number of hydrogen-bond acceptors (Lipinski definition) is 5. The summed E-state index contributed by atoms with van der Waals surface area (Å²) in [5, 5.41) is 19.4. The molecular weight excluding hydrogens is 480 g/mol. The molecule has 3 amide bonds. The lowest BCUT2D eigenvalue weighted by atomic mass is 9.83. The minimum absolute atomic E-state index is 0. The molecule has 0 bridgehead atoms. The van der Waals surface area contributed by atoms with Crippen LogP contribution >= 0.6 is 12.4 Å². The van der Waals surface area contributed by atoms with Crippen LogP contribution in [0, 0.1) is 23.7 Å². The summed E-state index contributed by atoms with van der Waals surface area (Å²) in [6.07, 6.45) is 1.92. The van der Waals surface area contributed by atoms with E-state index in [1.165, 1.54) is 6.92 Å². The Kier molecular flexibility index (Phi) is 16.3. The molecule has 36 heavy (non-hydrogen) atoms. The average molecular weight is 527 g/mol. The molecule has 0 radical (unpaired) electrons. The Labute approximate surface area is 223 Å². The first-order valence-electron chi connectivity index (χ1n) is 12.8. The van der Waals surface area contributed by atoms with E-state index in [1.54, 1.807) is 24.3 Å². The summed E-state index contributed by atoms with van der Waals surface area (Å²) in [5.74, 6) is -0.533. The molecule has 0 aliphatic heterocycles. The Morgan fingerprint density at radius 1 is 1.00 bits per heavy atom. The molecule has 1 rings (SSSR count). The van der Waals surface area contributed by atoms with E-state index in [-0.39, 0.29) is 53.8 Å². The number of rotatable bonds is 15. The Morgan fingerprint density at radius 3 is 2.19 bits per heavy atom. The number of unbranched alkanes of at least 4 members (excludes halogenated alkanes) is 1. The second-order valence-corrected chi connectivity index (χ2v) is 10.1. The van der Waals surface area contributed by atoms with Gasteiger partial charge in [0.15, 0.2) is 0 Å². The molecule has 0 aliphatic rings. The quantitative estimate of drug-likeness (QED) is 0.222. The van der Waals surface area contributed by atoms with Crippen LogP contribution < -0.4 is 21.7 Å². The van der Waals surface area contributed by atoms with Crippen LogP contribution in [0.1, 0.15) is 77.6 Å². The highest BCUT2D eigenvalue weighted by Crippen LogP contribution is 2.23. The fourth-order valence-corrected chi connectivity index (χ4v) is 4.03. The summed E-state index contributed by atoms with van der Waals surface area (Å²) in [7, 11) is 0. The monoisotopic (exact) mass is 526 g/mol. The number of hydrogen-bond donors (Lipinski definition) is 5. The number of aliphatic hydroxyl groups excluding tert-OH is 1. The molecule has 4 atom stereocenters. The van der Waals surface area contributed by atoms with Gasteiger partial charge in [0.25, 0.3) is 5.91 Å². The predicted molar refractivity (Wildman–Crippen MR) is 148 cm³/mol. The Hall–Kier alpha value is -2.16. The molecule has 9 heteroatoms. The van der Waals surface area contributed by atoms with Gasteiger partial charge in [0.05, 0.1) is 17.4 Å². The zero-order chi connectivity index (χ0) is 26.5. The molecule has 0 heterocycles. The second-order valence-electron chi connectivity index (χ2n) is 10.1. The first-order chi connectivity index (χ1) is 16.5. The number of halogens is 1. The predicted octanol–water partition coefficient (Wildman–Crippen LogP) is 3.73. The topological polar surface area (TPSA) is 134 Å². The number of para-hydroxylation sites is 1. The van der Waals surface area contributed by atoms with Crippen molar-refractivity contribution in [3.63, 3.8) is 0 Å². The van der Waals surface area contributed by atoms with Gasteiger partial charge in [-0.2, -0.15) is 0 Å². The van der Waals surface area contributed by atoms with Crippen molar-refractivity contribution >= 4 is 35.8 Å². The van der Waals surface area contributed by atoms with Crippen molar-refractivity contribution in [3.05, 3.63) is 29.8 Å². The van der Waals surface area contributed by atoms with E-state index in [0.717, 1.165) is 12.8 Å². The first kappa shape index (κ1) is 33.8. The van der Waals surface area contributed by atoms with Gasteiger partial charge < -0.3 is 26.8 Å². The SMILES string of the molecule is CCCCNC(=O)C(CC(O)C(N)CC(CNC(=O)c1ccccc1NC(C)=O)C(C)C)C(C)C.Cl. The van der Waals surface area contributed by atoms with E-state index in [2.05, 4.69) is 36.7 Å². The Bertz CT molecular complexity index is 819. The second kappa shape index (κ2) is 17.3. The van der Waals surface area contributed by atoms with Crippen molar-refractivity contribution in [3.8, 4) is 0 Å². The average Bonchev–Trinajstić information content (AvgIpc) is 2.79. The lowest BCUT2D eigenvalue weighted by Gasteiger charge is -2.30. The van der Waals surface area contributed by atoms with Crippen LogP contribution in [0.2, 0.25) is 0 Å². The third-order valence-corrected chi connectivity index (χ3v) is 6.49. The minimum atomic E-state index is -0.822. The molecule has 0 spiro atoms. The normalized spacial score (nSPS) is 14.4. The Morgan fingerprint density at radius 2 is 1.64 bits per heavy atom. The number of carbonyl (C=O) groups excluding carboxylic acids is 3. The third kappa shape index (κ3) is 11.7. The van der Waals surface area contributed by atoms with Crippen LogP contribution in [0.15, 0.2) is 24.3 Å². The van der Waals surface area contributed by atoms with Crippen LogP contribution in [0.3, 0.4) is 0 Å². The minimum Gasteiger partial charge on any atom is -0.391 e. The van der Waals surface area contributed by atoms with Gasteiger partial charge in [-0.1, -0.05) is 53.2 Å². The van der Waals surface area contributed by atoms with E-state index in [0.29, 0.717) is 37.2 Å². The van der Waals surface area contributed by atoms with Gasteiger partial charge in [0, 0.05) is 32.0 Å². The van der Waals surface area contributed by atoms with Crippen molar-refractivity contribution in [1.82, 2.24) is 10.6 Å². The van der Waals surface area contributed by atoms with Crippen LogP contribution in [-0.2, 0) is 9.59 Å². The molecule has 0 saturated heterocycles. The van der Waals surface area contributed by atoms with E-state index >= 15 is 0 Å². The number of nitrogens with one attached hydrogen (secondary N) is 3. The van der Waals surface area contributed by atoms with E-state index in [9.17, 15) is 19.5 Å². The van der Waals surface area contributed by atoms with E-state index in [4.69, 9.17) is 5.73 Å². The number of anilines is 1. The van der Waals surface area contributed by atoms with Crippen molar-refractivity contribution in [2.75, 3.05) is 18.4 Å². The van der Waals surface area contributed by atoms with Crippen molar-refractivity contribution in [1.29, 1.82) is 0 Å². The Balaban J connectivity index is 0.0000122. The van der Waals surface area contributed by atoms with E-state index < -0.39 is 12.1 Å². The van der Waals surface area contributed by atoms with Crippen molar-refractivity contribution in [2.24, 2.45) is 29.4 Å². The van der Waals surface area contributed by atoms with Gasteiger partial charge in [-0.15, -0.1) is 12.4 Å². The lowest BCUT2D eigenvalue weighted by molar-refractivity contribution is -0.127. The standard InChI is InChI=1S/C27H46N4O4.ClH/c1-7-8-13-29-27(35)22(18(4)5)15-25(33)23(28)14-20(17(2)3)16-30-26(34)21-11-9-10-12-24(21)31-19(6)32;/h9-12,17-18,20,22-23,25,33H,7-8,13-16,28H2,1-6H3,(H,29,35)(H,30,34)(H,31,32);1H. The van der Waals surface area contributed by atoms with Crippen LogP contribution in [0.5, 0.6) is 0 Å². The van der Waals surface area contributed by atoms with Crippen LogP contribution in [0.25, 0.3) is 0 Å². The number of benzene rings is 1. The number of carbonyl (C=O) groups is 3. The van der Waals surface area contributed by atoms with Gasteiger partial charge in [-0.05, 0) is 49.1 Å². The third-order valence-electron chi connectivity index (χ3n) is 6.49. The molecule has 0 aliphatic carbocycles. The highest BCUT2D eigenvalue weighted by Gasteiger charge is 2.29. The summed E-state index contributed by atoms with van der Waals surface area (Å²) >= 11 is 0. The number of aliphatic hydroxyl groups is 1. The van der Waals surface area contributed by atoms with Crippen molar-refractivity contribution in [2.45, 2.75) is 79.4 Å². The van der Waals surface area contributed by atoms with Crippen LogP contribution in [-0.4, -0.2) is 48.1 Å². The number of nitrogens with two attached hydrogens (primary N) is 1. The lowest BCUT2D eigenvalue weighted by Crippen LogP contribution is -2.44. The number of amides is 3. The summed E-state index contributed by atoms with van der Waals surface area (Å²) in [4.78, 5) is 36.9. The van der Waals surface area contributed by atoms with Gasteiger partial charge in [0.1, 0.15) is 0 Å². The van der Waals surface area contributed by atoms with Gasteiger partial charge in [0.2, 0.25) is 11.8 Å². The summed E-state index contributed by atoms with van der Waals surface area (Å²) in [6, 6.07) is 6.34. The summed E-state index contributed by atoms with van der Waals surface area (Å²) in [6.45, 7) is 12.6. The summed E-state index contributed by atoms with van der Waals surface area (Å²) < 4.78 is 0. The molecule has 1 aromatic rings. The highest BCUT2D eigenvalue weighted by atomic mass is 35.5. The molecule has 0 saturated carbocycles. The highest BCUT2D eigenvalue weighted by molar-refractivity contribution is 6.03. The molecule has 206 valence electrons. The van der Waals surface area contributed by atoms with Gasteiger partial charge >= 0.3 is 0 Å². The summed E-state index contributed by atoms with van der Waals surface area (Å²) in [5.41, 5.74) is 7.23. The van der Waals surface area contributed by atoms with Gasteiger partial charge in [-0.25, -0.2) is 0 Å². The fourth-order valence-electron chi connectivity index (χ4n) is 4.03. The zero-order valence-electron chi connectivity index (χ0n) is 22.7. The fraction of sp³-hybridized carbons (Fsp3) is 0.667. The van der Waals surface area contributed by atoms with Crippen LogP contribution in [0.4, 0.5) is 5.69 Å². The first-order valence-corrected chi connectivity index (χ1v) is 12.8. The maximum atomic E-state index is 12.8. The maximum Gasteiger partial charge on any atom is 0.253 e. The molecule has 8 nitrogen and oxygen atoms in total. The van der Waals surface area contributed by atoms with E-state index in [1.807, 2.05) is 13.8 Å². The largest absolute Gasteiger partial charge is 0.391 e. The zero-order valence-corrected chi connectivity index (χ0v) is 23.5. The molecular formula is C27H47ClN4O4. The van der Waals surface area contributed by atoms with Crippen molar-refractivity contribution < 1.29 is 19.5 Å².